The molecule has 2 heterocycles. The molecule has 0 radical (unpaired) electrons. The maximum absolute atomic E-state index is 12.3. The quantitative estimate of drug-likeness (QED) is 0.847. The Morgan fingerprint density at radius 1 is 1.08 bits per heavy atom. The molecule has 2 N–H and O–H groups in total. The molecule has 0 aliphatic carbocycles. The van der Waals surface area contributed by atoms with Crippen LogP contribution in [0.15, 0.2) is 24.3 Å². The molecule has 2 unspecified atom stereocenters. The molecular formula is C19H29N3O3S. The first-order chi connectivity index (χ1) is 12.0. The average Bonchev–Trinajstić information content (AvgIpc) is 2.79. The van der Waals surface area contributed by atoms with Crippen molar-refractivity contribution in [2.75, 3.05) is 11.6 Å². The van der Waals surface area contributed by atoms with E-state index in [0.29, 0.717) is 12.8 Å². The van der Waals surface area contributed by atoms with Crippen LogP contribution < -0.4 is 10.6 Å². The van der Waals surface area contributed by atoms with Crippen molar-refractivity contribution in [3.8, 4) is 0 Å². The highest BCUT2D eigenvalue weighted by Gasteiger charge is 2.45. The van der Waals surface area contributed by atoms with Gasteiger partial charge in [0.05, 0.1) is 6.26 Å². The number of hydrogen-bond acceptors (Lipinski definition) is 3. The first kappa shape index (κ1) is 19.2. The normalized spacial score (nSPS) is 26.5. The average molecular weight is 380 g/mol. The highest BCUT2D eigenvalue weighted by molar-refractivity contribution is 7.88. The van der Waals surface area contributed by atoms with Crippen LogP contribution in [0.1, 0.15) is 52.0 Å². The van der Waals surface area contributed by atoms with E-state index in [1.165, 1.54) is 11.8 Å². The molecule has 1 aromatic rings. The lowest BCUT2D eigenvalue weighted by Gasteiger charge is -2.37. The Balaban J connectivity index is 1.57. The first-order valence-electron chi connectivity index (χ1n) is 9.20. The monoisotopic (exact) mass is 379 g/mol. The smallest absolute Gasteiger partial charge is 0.319 e. The van der Waals surface area contributed by atoms with Crippen LogP contribution in [0.3, 0.4) is 0 Å². The predicted octanol–water partition coefficient (Wildman–Crippen LogP) is 3.06. The first-order valence-corrected chi connectivity index (χ1v) is 11.1. The molecule has 0 saturated carbocycles. The van der Waals surface area contributed by atoms with Crippen LogP contribution in [0.4, 0.5) is 10.5 Å². The lowest BCUT2D eigenvalue weighted by molar-refractivity contribution is 0.204. The van der Waals surface area contributed by atoms with Crippen molar-refractivity contribution in [3.05, 3.63) is 29.8 Å². The molecule has 6 nitrogen and oxygen atoms in total. The number of nitrogens with one attached hydrogen (secondary N) is 2. The van der Waals surface area contributed by atoms with Crippen molar-refractivity contribution in [2.24, 2.45) is 0 Å². The number of fused-ring (bicyclic) bond motifs is 2. The molecule has 0 aromatic heterocycles. The molecule has 2 aliphatic heterocycles. The molecular weight excluding hydrogens is 350 g/mol. The molecule has 2 aliphatic rings. The zero-order valence-electron chi connectivity index (χ0n) is 16.0. The Hall–Kier alpha value is -1.60. The topological polar surface area (TPSA) is 78.5 Å². The number of piperidine rings is 1. The van der Waals surface area contributed by atoms with Gasteiger partial charge in [0.1, 0.15) is 0 Å². The standard InChI is InChI=1S/C19H29N3O3S/c1-19(2,3)13-5-7-14(8-6-13)20-18(23)21-15-11-16-9-10-17(12-15)22(16)26(4,24)25/h5-8,15-17H,9-12H2,1-4H3,(H2,20,21,23). The summed E-state index contributed by atoms with van der Waals surface area (Å²) in [6.07, 6.45) is 4.40. The van der Waals surface area contributed by atoms with Crippen molar-refractivity contribution in [2.45, 2.75) is 70.0 Å². The van der Waals surface area contributed by atoms with Crippen LogP contribution in [0, 0.1) is 0 Å². The van der Waals surface area contributed by atoms with Gasteiger partial charge in [0.25, 0.3) is 0 Å². The van der Waals surface area contributed by atoms with Gasteiger partial charge >= 0.3 is 6.03 Å². The highest BCUT2D eigenvalue weighted by Crippen LogP contribution is 2.37. The van der Waals surface area contributed by atoms with Crippen molar-refractivity contribution in [1.82, 2.24) is 9.62 Å². The van der Waals surface area contributed by atoms with Crippen molar-refractivity contribution < 1.29 is 13.2 Å². The second-order valence-electron chi connectivity index (χ2n) is 8.57. The van der Waals surface area contributed by atoms with Gasteiger partial charge in [0.2, 0.25) is 10.0 Å². The zero-order valence-corrected chi connectivity index (χ0v) is 16.8. The molecule has 144 valence electrons. The van der Waals surface area contributed by atoms with Crippen molar-refractivity contribution >= 4 is 21.7 Å². The van der Waals surface area contributed by atoms with Gasteiger partial charge in [-0.15, -0.1) is 0 Å². The number of carbonyl (C=O) groups excluding carboxylic acids is 1. The summed E-state index contributed by atoms with van der Waals surface area (Å²) >= 11 is 0. The van der Waals surface area contributed by atoms with E-state index in [-0.39, 0.29) is 29.6 Å². The summed E-state index contributed by atoms with van der Waals surface area (Å²) in [7, 11) is -3.17. The van der Waals surface area contributed by atoms with Crippen LogP contribution in [0.5, 0.6) is 0 Å². The van der Waals surface area contributed by atoms with E-state index in [2.05, 4.69) is 31.4 Å². The molecule has 3 rings (SSSR count). The number of benzene rings is 1. The van der Waals surface area contributed by atoms with Gasteiger partial charge in [-0.3, -0.25) is 0 Å². The van der Waals surface area contributed by atoms with Crippen LogP contribution in [0.25, 0.3) is 0 Å². The number of carbonyl (C=O) groups is 1. The van der Waals surface area contributed by atoms with Gasteiger partial charge in [0.15, 0.2) is 0 Å². The third-order valence-electron chi connectivity index (χ3n) is 5.39. The lowest BCUT2D eigenvalue weighted by Crippen LogP contribution is -2.52. The fourth-order valence-electron chi connectivity index (χ4n) is 4.20. The second-order valence-corrected chi connectivity index (χ2v) is 10.5. The van der Waals surface area contributed by atoms with E-state index in [9.17, 15) is 13.2 Å². The van der Waals surface area contributed by atoms with E-state index in [1.807, 2.05) is 24.3 Å². The van der Waals surface area contributed by atoms with E-state index >= 15 is 0 Å². The summed E-state index contributed by atoms with van der Waals surface area (Å²) in [6.45, 7) is 6.46. The molecule has 2 amide bonds. The molecule has 1 aromatic carbocycles. The SMILES string of the molecule is CC(C)(C)c1ccc(NC(=O)NC2CC3CCC(C2)N3S(C)(=O)=O)cc1. The Morgan fingerprint density at radius 2 is 1.62 bits per heavy atom. The Labute approximate surface area is 156 Å². The number of rotatable bonds is 3. The van der Waals surface area contributed by atoms with E-state index in [1.54, 1.807) is 4.31 Å². The highest BCUT2D eigenvalue weighted by atomic mass is 32.2. The molecule has 2 atom stereocenters. The summed E-state index contributed by atoms with van der Waals surface area (Å²) in [5.74, 6) is 0. The predicted molar refractivity (Wildman–Crippen MR) is 104 cm³/mol. The summed E-state index contributed by atoms with van der Waals surface area (Å²) in [5, 5.41) is 5.89. The number of nitrogens with zero attached hydrogens (tertiary/aromatic N) is 1. The second kappa shape index (κ2) is 6.85. The van der Waals surface area contributed by atoms with Gasteiger partial charge in [-0.05, 0) is 48.8 Å². The van der Waals surface area contributed by atoms with Crippen molar-refractivity contribution in [3.63, 3.8) is 0 Å². The fourth-order valence-corrected chi connectivity index (χ4v) is 5.67. The maximum atomic E-state index is 12.3. The summed E-state index contributed by atoms with van der Waals surface area (Å²) in [6, 6.07) is 7.69. The van der Waals surface area contributed by atoms with Gasteiger partial charge in [-0.2, -0.15) is 4.31 Å². The van der Waals surface area contributed by atoms with E-state index in [4.69, 9.17) is 0 Å². The minimum atomic E-state index is -3.17. The van der Waals surface area contributed by atoms with Gasteiger partial charge in [-0.1, -0.05) is 32.9 Å². The van der Waals surface area contributed by atoms with Gasteiger partial charge in [-0.25, -0.2) is 13.2 Å². The zero-order chi connectivity index (χ0) is 19.1. The molecule has 2 bridgehead atoms. The van der Waals surface area contributed by atoms with Crippen LogP contribution in [-0.4, -0.2) is 43.1 Å². The molecule has 0 spiro atoms. The minimum Gasteiger partial charge on any atom is -0.335 e. The molecule has 7 heteroatoms. The van der Waals surface area contributed by atoms with Crippen LogP contribution >= 0.6 is 0 Å². The fraction of sp³-hybridized carbons (Fsp3) is 0.632. The Morgan fingerprint density at radius 3 is 2.08 bits per heavy atom. The Bertz CT molecular complexity index is 754. The number of sulfonamides is 1. The molecule has 2 fully saturated rings. The van der Waals surface area contributed by atoms with Gasteiger partial charge in [0, 0.05) is 23.8 Å². The summed E-state index contributed by atoms with van der Waals surface area (Å²) < 4.78 is 25.5. The minimum absolute atomic E-state index is 0.0133. The largest absolute Gasteiger partial charge is 0.335 e. The summed E-state index contributed by atoms with van der Waals surface area (Å²) in [5.41, 5.74) is 2.05. The maximum Gasteiger partial charge on any atom is 0.319 e. The molecule has 26 heavy (non-hydrogen) atoms. The number of anilines is 1. The van der Waals surface area contributed by atoms with Crippen molar-refractivity contribution in [1.29, 1.82) is 0 Å². The number of hydrogen-bond donors (Lipinski definition) is 2. The van der Waals surface area contributed by atoms with E-state index < -0.39 is 10.0 Å². The number of urea groups is 1. The number of amides is 2. The van der Waals surface area contributed by atoms with Gasteiger partial charge < -0.3 is 10.6 Å². The molecule has 2 saturated heterocycles. The Kier molecular flexibility index (Phi) is 5.05. The third-order valence-corrected chi connectivity index (χ3v) is 6.76. The lowest BCUT2D eigenvalue weighted by atomic mass is 9.87. The van der Waals surface area contributed by atoms with E-state index in [0.717, 1.165) is 18.5 Å². The van der Waals surface area contributed by atoms with Crippen LogP contribution in [-0.2, 0) is 15.4 Å². The third kappa shape index (κ3) is 4.20. The van der Waals surface area contributed by atoms with Crippen LogP contribution in [0.2, 0.25) is 0 Å². The summed E-state index contributed by atoms with van der Waals surface area (Å²) in [4.78, 5) is 12.3.